The number of nitrogens with zero attached hydrogens (tertiary/aromatic N) is 1. The van der Waals surface area contributed by atoms with Crippen LogP contribution in [-0.2, 0) is 6.54 Å². The average molecular weight is 313 g/mol. The molecule has 0 saturated carbocycles. The molecule has 0 fully saturated rings. The van der Waals surface area contributed by atoms with E-state index < -0.39 is 0 Å². The number of ether oxygens (including phenoxy) is 1. The molecule has 2 aromatic carbocycles. The van der Waals surface area contributed by atoms with Crippen LogP contribution in [0.5, 0.6) is 5.75 Å². The lowest BCUT2D eigenvalue weighted by molar-refractivity contribution is 0.340. The number of hydrazone groups is 1. The van der Waals surface area contributed by atoms with Gasteiger partial charge in [0, 0.05) is 6.54 Å². The molecule has 0 bridgehead atoms. The Morgan fingerprint density at radius 3 is 2.55 bits per heavy atom. The summed E-state index contributed by atoms with van der Waals surface area (Å²) in [5.74, 6) is 0.854. The molecule has 0 spiro atoms. The highest BCUT2D eigenvalue weighted by Gasteiger charge is 1.95. The molecule has 4 nitrogen and oxygen atoms in total. The van der Waals surface area contributed by atoms with Gasteiger partial charge in [0.15, 0.2) is 5.11 Å². The predicted octanol–water partition coefficient (Wildman–Crippen LogP) is 3.08. The minimum atomic E-state index is 0.492. The molecule has 0 unspecified atom stereocenters. The summed E-state index contributed by atoms with van der Waals surface area (Å²) < 4.78 is 5.39. The summed E-state index contributed by atoms with van der Waals surface area (Å²) in [6, 6.07) is 17.8. The third-order valence-electron chi connectivity index (χ3n) is 2.87. The van der Waals surface area contributed by atoms with Gasteiger partial charge in [-0.2, -0.15) is 5.10 Å². The Morgan fingerprint density at radius 2 is 1.86 bits per heavy atom. The van der Waals surface area contributed by atoms with Crippen molar-refractivity contribution in [3.63, 3.8) is 0 Å². The van der Waals surface area contributed by atoms with Crippen LogP contribution in [0.25, 0.3) is 0 Å². The molecule has 5 heteroatoms. The lowest BCUT2D eigenvalue weighted by atomic mass is 10.2. The van der Waals surface area contributed by atoms with E-state index in [-0.39, 0.29) is 0 Å². The predicted molar refractivity (Wildman–Crippen MR) is 94.2 cm³/mol. The van der Waals surface area contributed by atoms with Crippen LogP contribution in [0.4, 0.5) is 0 Å². The average Bonchev–Trinajstić information content (AvgIpc) is 2.56. The number of thiocarbonyl (C=S) groups is 1. The van der Waals surface area contributed by atoms with E-state index in [1.54, 1.807) is 6.21 Å². The SMILES string of the molecule is CCOc1ccc(/C=N/NC(=S)NCc2ccccc2)cc1. The van der Waals surface area contributed by atoms with Gasteiger partial charge in [0.1, 0.15) is 5.75 Å². The van der Waals surface area contributed by atoms with Gasteiger partial charge < -0.3 is 10.1 Å². The van der Waals surface area contributed by atoms with Crippen LogP contribution < -0.4 is 15.5 Å². The second-order valence-corrected chi connectivity index (χ2v) is 4.95. The molecular formula is C17H19N3OS. The van der Waals surface area contributed by atoms with E-state index in [2.05, 4.69) is 15.8 Å². The smallest absolute Gasteiger partial charge is 0.187 e. The highest BCUT2D eigenvalue weighted by Crippen LogP contribution is 2.10. The summed E-state index contributed by atoms with van der Waals surface area (Å²) >= 11 is 5.17. The molecule has 0 radical (unpaired) electrons. The van der Waals surface area contributed by atoms with Crippen molar-refractivity contribution in [1.82, 2.24) is 10.7 Å². The summed E-state index contributed by atoms with van der Waals surface area (Å²) in [5, 5.41) is 7.70. The maximum atomic E-state index is 5.39. The van der Waals surface area contributed by atoms with E-state index >= 15 is 0 Å². The molecule has 2 N–H and O–H groups in total. The second kappa shape index (κ2) is 8.79. The summed E-state index contributed by atoms with van der Waals surface area (Å²) in [6.45, 7) is 3.30. The van der Waals surface area contributed by atoms with E-state index in [9.17, 15) is 0 Å². The van der Waals surface area contributed by atoms with Gasteiger partial charge in [-0.1, -0.05) is 30.3 Å². The van der Waals surface area contributed by atoms with Gasteiger partial charge in [0.05, 0.1) is 12.8 Å². The maximum Gasteiger partial charge on any atom is 0.187 e. The minimum Gasteiger partial charge on any atom is -0.494 e. The lowest BCUT2D eigenvalue weighted by Crippen LogP contribution is -2.31. The van der Waals surface area contributed by atoms with Crippen molar-refractivity contribution >= 4 is 23.5 Å². The Hall–Kier alpha value is -2.40. The minimum absolute atomic E-state index is 0.492. The topological polar surface area (TPSA) is 45.6 Å². The zero-order chi connectivity index (χ0) is 15.6. The van der Waals surface area contributed by atoms with Crippen molar-refractivity contribution < 1.29 is 4.74 Å². The van der Waals surface area contributed by atoms with E-state index in [0.29, 0.717) is 18.3 Å². The molecule has 22 heavy (non-hydrogen) atoms. The third kappa shape index (κ3) is 5.54. The molecule has 2 rings (SSSR count). The molecule has 0 aliphatic carbocycles. The van der Waals surface area contributed by atoms with Gasteiger partial charge in [0.2, 0.25) is 0 Å². The van der Waals surface area contributed by atoms with Gasteiger partial charge in [0.25, 0.3) is 0 Å². The fourth-order valence-electron chi connectivity index (χ4n) is 1.80. The van der Waals surface area contributed by atoms with Crippen LogP contribution in [0.1, 0.15) is 18.1 Å². The van der Waals surface area contributed by atoms with Crippen LogP contribution in [0.2, 0.25) is 0 Å². The first-order chi connectivity index (χ1) is 10.8. The number of rotatable bonds is 6. The van der Waals surface area contributed by atoms with Gasteiger partial charge >= 0.3 is 0 Å². The van der Waals surface area contributed by atoms with Gasteiger partial charge in [-0.25, -0.2) is 0 Å². The Balaban J connectivity index is 1.75. The Kier molecular flexibility index (Phi) is 6.39. The number of hydrogen-bond donors (Lipinski definition) is 2. The Morgan fingerprint density at radius 1 is 1.14 bits per heavy atom. The zero-order valence-electron chi connectivity index (χ0n) is 12.5. The van der Waals surface area contributed by atoms with Gasteiger partial charge in [-0.15, -0.1) is 0 Å². The molecule has 2 aromatic rings. The summed E-state index contributed by atoms with van der Waals surface area (Å²) in [6.07, 6.45) is 1.71. The highest BCUT2D eigenvalue weighted by atomic mass is 32.1. The van der Waals surface area contributed by atoms with Crippen LogP contribution in [0.3, 0.4) is 0 Å². The molecule has 0 aliphatic heterocycles. The number of hydrogen-bond acceptors (Lipinski definition) is 3. The first-order valence-electron chi connectivity index (χ1n) is 7.11. The Bertz CT molecular complexity index is 612. The van der Waals surface area contributed by atoms with E-state index in [1.165, 1.54) is 5.56 Å². The molecule has 0 amide bonds. The summed E-state index contributed by atoms with van der Waals surface area (Å²) in [5.41, 5.74) is 4.94. The quantitative estimate of drug-likeness (QED) is 0.489. The van der Waals surface area contributed by atoms with Crippen molar-refractivity contribution in [2.24, 2.45) is 5.10 Å². The van der Waals surface area contributed by atoms with Crippen LogP contribution in [0, 0.1) is 0 Å². The van der Waals surface area contributed by atoms with Crippen molar-refractivity contribution in [2.45, 2.75) is 13.5 Å². The van der Waals surface area contributed by atoms with Crippen LogP contribution in [0.15, 0.2) is 59.7 Å². The van der Waals surface area contributed by atoms with Crippen molar-refractivity contribution in [1.29, 1.82) is 0 Å². The van der Waals surface area contributed by atoms with Crippen molar-refractivity contribution in [2.75, 3.05) is 6.61 Å². The summed E-state index contributed by atoms with van der Waals surface area (Å²) in [4.78, 5) is 0. The molecule has 0 saturated heterocycles. The third-order valence-corrected chi connectivity index (χ3v) is 3.10. The fourth-order valence-corrected chi connectivity index (χ4v) is 1.92. The fraction of sp³-hybridized carbons (Fsp3) is 0.176. The number of nitrogens with one attached hydrogen (secondary N) is 2. The summed E-state index contributed by atoms with van der Waals surface area (Å²) in [7, 11) is 0. The molecular weight excluding hydrogens is 294 g/mol. The standard InChI is InChI=1S/C17H19N3OS/c1-2-21-16-10-8-15(9-11-16)13-19-20-17(22)18-12-14-6-4-3-5-7-14/h3-11,13H,2,12H2,1H3,(H2,18,20,22)/b19-13+. The molecule has 0 aromatic heterocycles. The lowest BCUT2D eigenvalue weighted by Gasteiger charge is -2.06. The van der Waals surface area contributed by atoms with Crippen molar-refractivity contribution in [3.05, 3.63) is 65.7 Å². The van der Waals surface area contributed by atoms with Crippen LogP contribution in [-0.4, -0.2) is 17.9 Å². The van der Waals surface area contributed by atoms with Crippen LogP contribution >= 0.6 is 12.2 Å². The molecule has 0 aliphatic rings. The van der Waals surface area contributed by atoms with Gasteiger partial charge in [-0.3, -0.25) is 5.43 Å². The van der Waals surface area contributed by atoms with Gasteiger partial charge in [-0.05, 0) is 54.5 Å². The normalized spacial score (nSPS) is 10.4. The monoisotopic (exact) mass is 313 g/mol. The molecule has 0 heterocycles. The highest BCUT2D eigenvalue weighted by molar-refractivity contribution is 7.80. The zero-order valence-corrected chi connectivity index (χ0v) is 13.3. The molecule has 0 atom stereocenters. The van der Waals surface area contributed by atoms with Crippen molar-refractivity contribution in [3.8, 4) is 5.75 Å². The maximum absolute atomic E-state index is 5.39. The van der Waals surface area contributed by atoms with E-state index in [0.717, 1.165) is 11.3 Å². The van der Waals surface area contributed by atoms with E-state index in [1.807, 2.05) is 61.5 Å². The first kappa shape index (κ1) is 16.0. The van der Waals surface area contributed by atoms with E-state index in [4.69, 9.17) is 17.0 Å². The first-order valence-corrected chi connectivity index (χ1v) is 7.52. The largest absolute Gasteiger partial charge is 0.494 e. The second-order valence-electron chi connectivity index (χ2n) is 4.54. The molecule has 114 valence electrons. The Labute approximate surface area is 136 Å². The number of benzene rings is 2.